The Bertz CT molecular complexity index is 199. The van der Waals surface area contributed by atoms with E-state index in [1.165, 1.54) is 0 Å². The summed E-state index contributed by atoms with van der Waals surface area (Å²) < 4.78 is 0. The summed E-state index contributed by atoms with van der Waals surface area (Å²) in [5, 5.41) is 3.02. The molecule has 52 valence electrons. The van der Waals surface area contributed by atoms with Crippen LogP contribution >= 0.6 is 0 Å². The van der Waals surface area contributed by atoms with E-state index in [4.69, 9.17) is 0 Å². The molecule has 0 aromatic carbocycles. The zero-order chi connectivity index (χ0) is 7.23. The highest BCUT2D eigenvalue weighted by Gasteiger charge is 1.90. The van der Waals surface area contributed by atoms with Crippen LogP contribution in [0, 0.1) is 0 Å². The van der Waals surface area contributed by atoms with Gasteiger partial charge in [-0.05, 0) is 12.2 Å². The van der Waals surface area contributed by atoms with Gasteiger partial charge in [0.15, 0.2) is 0 Å². The quantitative estimate of drug-likeness (QED) is 0.570. The number of aliphatic imine (C=N–C) groups is 1. The van der Waals surface area contributed by atoms with Crippen molar-refractivity contribution < 1.29 is 0 Å². The number of hydrogen-bond donors (Lipinski definition) is 1. The molecule has 0 atom stereocenters. The van der Waals surface area contributed by atoms with Gasteiger partial charge in [0.05, 0.1) is 0 Å². The molecule has 0 aliphatic carbocycles. The minimum atomic E-state index is 0.786. The summed E-state index contributed by atoms with van der Waals surface area (Å²) >= 11 is 0. The predicted molar refractivity (Wildman–Crippen MR) is 43.7 cm³/mol. The highest BCUT2D eigenvalue weighted by molar-refractivity contribution is 5.85. The molecule has 10 heavy (non-hydrogen) atoms. The number of allylic oxidation sites excluding steroid dienone is 2. The van der Waals surface area contributed by atoms with Gasteiger partial charge in [-0.25, -0.2) is 4.99 Å². The lowest BCUT2D eigenvalue weighted by molar-refractivity contribution is 1.20. The number of nitrogens with one attached hydrogen (secondary N) is 1. The van der Waals surface area contributed by atoms with E-state index in [-0.39, 0.29) is 0 Å². The molecule has 0 radical (unpaired) electrons. The second kappa shape index (κ2) is 3.67. The molecule has 0 fully saturated rings. The van der Waals surface area contributed by atoms with Crippen LogP contribution in [0.25, 0.3) is 0 Å². The van der Waals surface area contributed by atoms with E-state index in [1.807, 2.05) is 24.4 Å². The molecule has 2 heteroatoms. The predicted octanol–water partition coefficient (Wildman–Crippen LogP) is 1.59. The third-order valence-corrected chi connectivity index (χ3v) is 1.11. The van der Waals surface area contributed by atoms with Crippen LogP contribution in [0.5, 0.6) is 0 Å². The van der Waals surface area contributed by atoms with Crippen LogP contribution in [0.3, 0.4) is 0 Å². The molecule has 0 saturated carbocycles. The Kier molecular flexibility index (Phi) is 2.49. The van der Waals surface area contributed by atoms with Crippen LogP contribution in [-0.2, 0) is 0 Å². The molecule has 0 aromatic rings. The van der Waals surface area contributed by atoms with Gasteiger partial charge < -0.3 is 5.32 Å². The Balaban J connectivity index is 2.58. The van der Waals surface area contributed by atoms with Crippen LogP contribution < -0.4 is 5.32 Å². The Morgan fingerprint density at radius 1 is 1.60 bits per heavy atom. The molecule has 0 unspecified atom stereocenters. The highest BCUT2D eigenvalue weighted by Crippen LogP contribution is 1.90. The van der Waals surface area contributed by atoms with E-state index in [9.17, 15) is 0 Å². The molecule has 1 heterocycles. The maximum Gasteiger partial charge on any atom is 0.109 e. The second-order valence-corrected chi connectivity index (χ2v) is 1.91. The van der Waals surface area contributed by atoms with Gasteiger partial charge in [0, 0.05) is 18.8 Å². The van der Waals surface area contributed by atoms with Crippen LogP contribution in [0.2, 0.25) is 0 Å². The summed E-state index contributed by atoms with van der Waals surface area (Å²) in [6, 6.07) is 0. The van der Waals surface area contributed by atoms with E-state index in [0.29, 0.717) is 0 Å². The minimum Gasteiger partial charge on any atom is -0.350 e. The van der Waals surface area contributed by atoms with E-state index >= 15 is 0 Å². The van der Waals surface area contributed by atoms with Gasteiger partial charge in [-0.1, -0.05) is 6.08 Å². The summed E-state index contributed by atoms with van der Waals surface area (Å²) in [5.74, 6) is 0.931. The SMILES string of the molecule is C=CCC1=NC=CC=CN1. The molecule has 1 rings (SSSR count). The molecular formula is C8H10N2. The Morgan fingerprint density at radius 3 is 3.30 bits per heavy atom. The number of rotatable bonds is 2. The van der Waals surface area contributed by atoms with Crippen LogP contribution in [-0.4, -0.2) is 5.84 Å². The third-order valence-electron chi connectivity index (χ3n) is 1.11. The van der Waals surface area contributed by atoms with Crippen molar-refractivity contribution in [1.29, 1.82) is 0 Å². The molecule has 0 aromatic heterocycles. The Labute approximate surface area is 60.7 Å². The topological polar surface area (TPSA) is 24.4 Å². The molecule has 0 bridgehead atoms. The monoisotopic (exact) mass is 134 g/mol. The second-order valence-electron chi connectivity index (χ2n) is 1.91. The van der Waals surface area contributed by atoms with Crippen molar-refractivity contribution in [1.82, 2.24) is 5.32 Å². The molecule has 1 N–H and O–H groups in total. The zero-order valence-corrected chi connectivity index (χ0v) is 5.75. The van der Waals surface area contributed by atoms with Gasteiger partial charge in [0.25, 0.3) is 0 Å². The number of nitrogens with zero attached hydrogens (tertiary/aromatic N) is 1. The van der Waals surface area contributed by atoms with Gasteiger partial charge in [-0.2, -0.15) is 0 Å². The summed E-state index contributed by atoms with van der Waals surface area (Å²) in [7, 11) is 0. The lowest BCUT2D eigenvalue weighted by Gasteiger charge is -1.97. The molecule has 0 saturated heterocycles. The van der Waals surface area contributed by atoms with Crippen molar-refractivity contribution in [3.63, 3.8) is 0 Å². The van der Waals surface area contributed by atoms with Gasteiger partial charge in [0.2, 0.25) is 0 Å². The van der Waals surface area contributed by atoms with Crippen molar-refractivity contribution in [2.45, 2.75) is 6.42 Å². The van der Waals surface area contributed by atoms with Gasteiger partial charge in [-0.3, -0.25) is 0 Å². The highest BCUT2D eigenvalue weighted by atomic mass is 15.0. The maximum absolute atomic E-state index is 4.10. The van der Waals surface area contributed by atoms with E-state index in [1.54, 1.807) is 6.20 Å². The molecular weight excluding hydrogens is 124 g/mol. The normalized spacial score (nSPS) is 15.4. The minimum absolute atomic E-state index is 0.786. The average Bonchev–Trinajstić information content (AvgIpc) is 2.17. The molecule has 0 spiro atoms. The lowest BCUT2D eigenvalue weighted by atomic mass is 10.4. The van der Waals surface area contributed by atoms with Crippen LogP contribution in [0.4, 0.5) is 0 Å². The first-order valence-electron chi connectivity index (χ1n) is 3.19. The van der Waals surface area contributed by atoms with Crippen LogP contribution in [0.1, 0.15) is 6.42 Å². The standard InChI is InChI=1S/C8H10N2/c1-2-5-8-9-6-3-4-7-10-8/h2-4,6-7H,1,5H2,(H,9,10). The van der Waals surface area contributed by atoms with E-state index in [2.05, 4.69) is 16.9 Å². The number of amidine groups is 1. The smallest absolute Gasteiger partial charge is 0.109 e. The first-order valence-corrected chi connectivity index (χ1v) is 3.19. The molecule has 0 amide bonds. The van der Waals surface area contributed by atoms with Gasteiger partial charge >= 0.3 is 0 Å². The summed E-state index contributed by atoms with van der Waals surface area (Å²) in [6.45, 7) is 3.62. The first kappa shape index (κ1) is 6.81. The average molecular weight is 134 g/mol. The molecule has 2 nitrogen and oxygen atoms in total. The fourth-order valence-electron chi connectivity index (χ4n) is 0.668. The van der Waals surface area contributed by atoms with Crippen molar-refractivity contribution in [2.75, 3.05) is 0 Å². The Hall–Kier alpha value is -1.31. The number of hydrogen-bond acceptors (Lipinski definition) is 2. The van der Waals surface area contributed by atoms with Crippen molar-refractivity contribution in [3.05, 3.63) is 37.2 Å². The van der Waals surface area contributed by atoms with Crippen molar-refractivity contribution in [3.8, 4) is 0 Å². The van der Waals surface area contributed by atoms with Crippen molar-refractivity contribution >= 4 is 5.84 Å². The van der Waals surface area contributed by atoms with E-state index < -0.39 is 0 Å². The molecule has 1 aliphatic heterocycles. The summed E-state index contributed by atoms with van der Waals surface area (Å²) in [5.41, 5.74) is 0. The largest absolute Gasteiger partial charge is 0.350 e. The van der Waals surface area contributed by atoms with Crippen molar-refractivity contribution in [2.24, 2.45) is 4.99 Å². The zero-order valence-electron chi connectivity index (χ0n) is 5.75. The first-order chi connectivity index (χ1) is 4.93. The van der Waals surface area contributed by atoms with Gasteiger partial charge in [-0.15, -0.1) is 6.58 Å². The van der Waals surface area contributed by atoms with Crippen LogP contribution in [0.15, 0.2) is 42.2 Å². The maximum atomic E-state index is 4.10. The third kappa shape index (κ3) is 1.90. The Morgan fingerprint density at radius 2 is 2.50 bits per heavy atom. The van der Waals surface area contributed by atoms with E-state index in [0.717, 1.165) is 12.3 Å². The fraction of sp³-hybridized carbons (Fsp3) is 0.125. The summed E-state index contributed by atoms with van der Waals surface area (Å²) in [4.78, 5) is 4.10. The van der Waals surface area contributed by atoms with Gasteiger partial charge in [0.1, 0.15) is 5.84 Å². The lowest BCUT2D eigenvalue weighted by Crippen LogP contribution is -2.14. The summed E-state index contributed by atoms with van der Waals surface area (Å²) in [6.07, 6.45) is 10.00. The molecule has 1 aliphatic rings. The fourth-order valence-corrected chi connectivity index (χ4v) is 0.668.